The van der Waals surface area contributed by atoms with Gasteiger partial charge in [0.15, 0.2) is 0 Å². The second kappa shape index (κ2) is 8.67. The topological polar surface area (TPSA) is 101 Å². The Bertz CT molecular complexity index is 1040. The highest BCUT2D eigenvalue weighted by molar-refractivity contribution is 6.23. The zero-order valence-electron chi connectivity index (χ0n) is 20.6. The van der Waals surface area contributed by atoms with Gasteiger partial charge in [0.25, 0.3) is 5.91 Å². The number of benzene rings is 1. The van der Waals surface area contributed by atoms with Crippen LogP contribution in [0, 0.1) is 16.7 Å². The Morgan fingerprint density at radius 3 is 2.24 bits per heavy atom. The zero-order chi connectivity index (χ0) is 24.8. The molecule has 4 rings (SSSR count). The smallest absolute Gasteiger partial charge is 0.257 e. The van der Waals surface area contributed by atoms with Crippen LogP contribution >= 0.6 is 0 Å². The molecule has 1 atom stereocenters. The van der Waals surface area contributed by atoms with Crippen molar-refractivity contribution < 1.29 is 19.2 Å². The molecule has 7 heteroatoms. The molecule has 1 saturated carbocycles. The fraction of sp³-hybridized carbons (Fsp3) is 0.556. The maximum absolute atomic E-state index is 13.8. The van der Waals surface area contributed by atoms with E-state index in [-0.39, 0.29) is 40.9 Å². The van der Waals surface area contributed by atoms with Crippen LogP contribution in [-0.4, -0.2) is 41.1 Å². The molecule has 34 heavy (non-hydrogen) atoms. The highest BCUT2D eigenvalue weighted by Crippen LogP contribution is 2.69. The minimum Gasteiger partial charge on any atom is -0.366 e. The third-order valence-corrected chi connectivity index (χ3v) is 8.52. The lowest BCUT2D eigenvalue weighted by atomic mass is 9.96. The summed E-state index contributed by atoms with van der Waals surface area (Å²) in [6.45, 7) is 8.79. The number of anilines is 1. The Balaban J connectivity index is 1.59. The monoisotopic (exact) mass is 465 g/mol. The maximum atomic E-state index is 13.8. The van der Waals surface area contributed by atoms with E-state index in [0.717, 1.165) is 30.6 Å². The molecule has 1 aromatic rings. The van der Waals surface area contributed by atoms with Crippen molar-refractivity contribution in [1.29, 1.82) is 0 Å². The van der Waals surface area contributed by atoms with Gasteiger partial charge in [0, 0.05) is 18.0 Å². The van der Waals surface area contributed by atoms with Crippen molar-refractivity contribution in [2.24, 2.45) is 22.5 Å². The van der Waals surface area contributed by atoms with Crippen LogP contribution in [0.25, 0.3) is 0 Å². The van der Waals surface area contributed by atoms with Crippen molar-refractivity contribution in [3.05, 3.63) is 41.5 Å². The molecule has 1 aromatic carbocycles. The summed E-state index contributed by atoms with van der Waals surface area (Å²) < 4.78 is 0. The Morgan fingerprint density at radius 1 is 1.06 bits per heavy atom. The minimum atomic E-state index is -0.813. The first-order chi connectivity index (χ1) is 16.0. The van der Waals surface area contributed by atoms with Crippen LogP contribution in [0.15, 0.2) is 35.9 Å². The summed E-state index contributed by atoms with van der Waals surface area (Å²) in [6, 6.07) is 5.28. The molecule has 2 N–H and O–H groups in total. The first kappa shape index (κ1) is 24.2. The Labute approximate surface area is 201 Å². The third-order valence-electron chi connectivity index (χ3n) is 8.52. The van der Waals surface area contributed by atoms with Gasteiger partial charge in [-0.05, 0) is 67.2 Å². The quantitative estimate of drug-likeness (QED) is 0.489. The van der Waals surface area contributed by atoms with E-state index >= 15 is 0 Å². The van der Waals surface area contributed by atoms with Gasteiger partial charge in [-0.15, -0.1) is 0 Å². The lowest BCUT2D eigenvalue weighted by Crippen LogP contribution is -2.47. The fourth-order valence-corrected chi connectivity index (χ4v) is 5.70. The molecule has 0 spiro atoms. The van der Waals surface area contributed by atoms with Gasteiger partial charge in [0.05, 0.1) is 12.1 Å². The van der Waals surface area contributed by atoms with Gasteiger partial charge < -0.3 is 10.6 Å². The summed E-state index contributed by atoms with van der Waals surface area (Å²) in [5, 5.41) is 0. The Kier molecular flexibility index (Phi) is 6.17. The summed E-state index contributed by atoms with van der Waals surface area (Å²) >= 11 is 0. The Hall–Kier alpha value is -2.96. The number of carbonyl (C=O) groups excluding carboxylic acids is 4. The summed E-state index contributed by atoms with van der Waals surface area (Å²) in [7, 11) is 0. The predicted octanol–water partition coefficient (Wildman–Crippen LogP) is 3.82. The van der Waals surface area contributed by atoms with E-state index in [9.17, 15) is 19.2 Å². The molecule has 182 valence electrons. The number of hydrogen-bond acceptors (Lipinski definition) is 4. The van der Waals surface area contributed by atoms with E-state index in [4.69, 9.17) is 5.73 Å². The van der Waals surface area contributed by atoms with E-state index in [2.05, 4.69) is 33.8 Å². The summed E-state index contributed by atoms with van der Waals surface area (Å²) in [5.41, 5.74) is 6.99. The van der Waals surface area contributed by atoms with E-state index in [1.165, 1.54) is 24.1 Å². The molecule has 1 unspecified atom stereocenters. The van der Waals surface area contributed by atoms with Gasteiger partial charge in [-0.25, -0.2) is 4.90 Å². The van der Waals surface area contributed by atoms with Crippen LogP contribution in [0.5, 0.6) is 0 Å². The number of allylic oxidation sites excluding steroid dienone is 1. The predicted molar refractivity (Wildman–Crippen MR) is 130 cm³/mol. The summed E-state index contributed by atoms with van der Waals surface area (Å²) in [6.07, 6.45) is 7.37. The highest BCUT2D eigenvalue weighted by Gasteiger charge is 2.69. The molecular formula is C27H35N3O4. The Morgan fingerprint density at radius 2 is 1.71 bits per heavy atom. The normalized spacial score (nSPS) is 23.6. The van der Waals surface area contributed by atoms with Crippen LogP contribution in [0.4, 0.5) is 5.69 Å². The van der Waals surface area contributed by atoms with E-state index in [1.807, 2.05) is 0 Å². The van der Waals surface area contributed by atoms with E-state index < -0.39 is 11.9 Å². The molecule has 0 radical (unpaired) electrons. The summed E-state index contributed by atoms with van der Waals surface area (Å²) in [5.74, 6) is -1.53. The van der Waals surface area contributed by atoms with Crippen molar-refractivity contribution in [2.45, 2.75) is 72.3 Å². The number of rotatable bonds is 7. The molecule has 1 aliphatic heterocycles. The number of carbonyl (C=O) groups is 4. The molecule has 1 saturated heterocycles. The lowest BCUT2D eigenvalue weighted by molar-refractivity contribution is -0.140. The van der Waals surface area contributed by atoms with Crippen molar-refractivity contribution in [1.82, 2.24) is 4.90 Å². The first-order valence-electron chi connectivity index (χ1n) is 12.2. The first-order valence-corrected chi connectivity index (χ1v) is 12.2. The second-order valence-corrected chi connectivity index (χ2v) is 11.0. The van der Waals surface area contributed by atoms with Gasteiger partial charge in [0.2, 0.25) is 17.7 Å². The molecule has 1 heterocycles. The van der Waals surface area contributed by atoms with E-state index in [1.54, 1.807) is 17.0 Å². The average Bonchev–Trinajstić information content (AvgIpc) is 3.02. The second-order valence-electron chi connectivity index (χ2n) is 11.0. The molecule has 4 amide bonds. The van der Waals surface area contributed by atoms with Gasteiger partial charge in [-0.1, -0.05) is 39.3 Å². The molecule has 2 aliphatic carbocycles. The van der Waals surface area contributed by atoms with Crippen LogP contribution in [0.3, 0.4) is 0 Å². The number of imide groups is 1. The van der Waals surface area contributed by atoms with Crippen LogP contribution in [0.1, 0.15) is 76.6 Å². The van der Waals surface area contributed by atoms with Crippen molar-refractivity contribution in [3.63, 3.8) is 0 Å². The van der Waals surface area contributed by atoms with Gasteiger partial charge in [-0.3, -0.25) is 19.2 Å². The number of nitrogens with zero attached hydrogens (tertiary/aromatic N) is 2. The van der Waals surface area contributed by atoms with Crippen molar-refractivity contribution >= 4 is 29.3 Å². The summed E-state index contributed by atoms with van der Waals surface area (Å²) in [4.78, 5) is 54.4. The maximum Gasteiger partial charge on any atom is 0.257 e. The number of amides is 4. The van der Waals surface area contributed by atoms with E-state index in [0.29, 0.717) is 17.8 Å². The lowest BCUT2D eigenvalue weighted by Gasteiger charge is -2.29. The molecule has 2 fully saturated rings. The standard InChI is InChI=1S/C27H35N3O4/c1-26(2)22(27(26,3)4)25(34)29(15-14-17-8-6-5-7-9-17)20-16-21(31)30(24(20)33)19-12-10-18(11-13-19)23(28)32/h8,10-13,20,22H,5-7,9,14-16H2,1-4H3,(H2,28,32). The molecule has 3 aliphatic rings. The molecule has 0 bridgehead atoms. The molecule has 7 nitrogen and oxygen atoms in total. The van der Waals surface area contributed by atoms with Gasteiger partial charge in [-0.2, -0.15) is 0 Å². The number of primary amides is 1. The SMILES string of the molecule is CC1(C)C(C(=O)N(CCC2=CCCCC2)C2CC(=O)N(c3ccc(C(N)=O)cc3)C2=O)C1(C)C. The largest absolute Gasteiger partial charge is 0.366 e. The number of hydrogen-bond donors (Lipinski definition) is 1. The molecular weight excluding hydrogens is 430 g/mol. The highest BCUT2D eigenvalue weighted by atomic mass is 16.2. The average molecular weight is 466 g/mol. The van der Waals surface area contributed by atoms with Crippen LogP contribution in [-0.2, 0) is 14.4 Å². The number of nitrogens with two attached hydrogens (primary N) is 1. The minimum absolute atomic E-state index is 0.0330. The van der Waals surface area contributed by atoms with Crippen molar-refractivity contribution in [3.8, 4) is 0 Å². The fourth-order valence-electron chi connectivity index (χ4n) is 5.70. The van der Waals surface area contributed by atoms with Crippen molar-refractivity contribution in [2.75, 3.05) is 11.4 Å². The van der Waals surface area contributed by atoms with Gasteiger partial charge >= 0.3 is 0 Å². The van der Waals surface area contributed by atoms with Gasteiger partial charge in [0.1, 0.15) is 6.04 Å². The molecule has 0 aromatic heterocycles. The zero-order valence-corrected chi connectivity index (χ0v) is 20.6. The van der Waals surface area contributed by atoms with Crippen LogP contribution < -0.4 is 10.6 Å². The third kappa shape index (κ3) is 4.05. The van der Waals surface area contributed by atoms with Crippen LogP contribution in [0.2, 0.25) is 0 Å².